The largest absolute Gasteiger partial charge is 0.321 e. The minimum Gasteiger partial charge on any atom is -0.321 e. The summed E-state index contributed by atoms with van der Waals surface area (Å²) >= 11 is 0. The smallest absolute Gasteiger partial charge is 0.264 e. The molecule has 150 valence electrons. The highest BCUT2D eigenvalue weighted by Crippen LogP contribution is 2.28. The van der Waals surface area contributed by atoms with Crippen LogP contribution in [0.25, 0.3) is 10.8 Å². The SMILES string of the molecule is CN(c1ccccc1C(=O)Nc1cccc2ccccc12)S(=O)(=O)c1ccccc1. The van der Waals surface area contributed by atoms with E-state index in [9.17, 15) is 13.2 Å². The van der Waals surface area contributed by atoms with E-state index >= 15 is 0 Å². The molecule has 0 saturated heterocycles. The van der Waals surface area contributed by atoms with E-state index in [0.29, 0.717) is 11.4 Å². The number of benzene rings is 4. The van der Waals surface area contributed by atoms with Gasteiger partial charge in [-0.15, -0.1) is 0 Å². The predicted molar refractivity (Wildman–Crippen MR) is 120 cm³/mol. The van der Waals surface area contributed by atoms with Crippen LogP contribution in [-0.2, 0) is 10.0 Å². The highest BCUT2D eigenvalue weighted by Gasteiger charge is 2.25. The summed E-state index contributed by atoms with van der Waals surface area (Å²) < 4.78 is 27.2. The zero-order valence-electron chi connectivity index (χ0n) is 16.3. The lowest BCUT2D eigenvalue weighted by molar-refractivity contribution is 0.102. The van der Waals surface area contributed by atoms with Crippen molar-refractivity contribution in [1.82, 2.24) is 0 Å². The molecule has 0 atom stereocenters. The number of fused-ring (bicyclic) bond motifs is 1. The number of carbonyl (C=O) groups is 1. The molecule has 6 heteroatoms. The molecular weight excluding hydrogens is 396 g/mol. The second kappa shape index (κ2) is 8.00. The zero-order chi connectivity index (χ0) is 21.1. The van der Waals surface area contributed by atoms with Crippen LogP contribution >= 0.6 is 0 Å². The molecule has 4 aromatic rings. The molecule has 5 nitrogen and oxygen atoms in total. The number of hydrogen-bond donors (Lipinski definition) is 1. The highest BCUT2D eigenvalue weighted by molar-refractivity contribution is 7.92. The third-order valence-electron chi connectivity index (χ3n) is 4.93. The molecule has 4 aromatic carbocycles. The molecule has 1 N–H and O–H groups in total. The van der Waals surface area contributed by atoms with Gasteiger partial charge < -0.3 is 5.32 Å². The molecule has 0 aliphatic rings. The number of nitrogens with one attached hydrogen (secondary N) is 1. The van der Waals surface area contributed by atoms with E-state index in [-0.39, 0.29) is 16.4 Å². The summed E-state index contributed by atoms with van der Waals surface area (Å²) in [6, 6.07) is 28.2. The Morgan fingerprint density at radius 1 is 0.767 bits per heavy atom. The second-order valence-corrected chi connectivity index (χ2v) is 8.75. The first-order chi connectivity index (χ1) is 14.5. The maximum absolute atomic E-state index is 13.1. The third-order valence-corrected chi connectivity index (χ3v) is 6.71. The van der Waals surface area contributed by atoms with Gasteiger partial charge in [0.05, 0.1) is 16.1 Å². The Morgan fingerprint density at radius 3 is 2.20 bits per heavy atom. The number of sulfonamides is 1. The van der Waals surface area contributed by atoms with Gasteiger partial charge in [-0.05, 0) is 35.7 Å². The van der Waals surface area contributed by atoms with Gasteiger partial charge in [0, 0.05) is 18.1 Å². The van der Waals surface area contributed by atoms with Crippen molar-refractivity contribution >= 4 is 38.1 Å². The molecule has 0 aliphatic heterocycles. The van der Waals surface area contributed by atoms with Gasteiger partial charge in [-0.3, -0.25) is 9.10 Å². The molecule has 4 rings (SSSR count). The third kappa shape index (κ3) is 3.65. The van der Waals surface area contributed by atoms with Gasteiger partial charge in [0.1, 0.15) is 0 Å². The van der Waals surface area contributed by atoms with Crippen molar-refractivity contribution in [1.29, 1.82) is 0 Å². The van der Waals surface area contributed by atoms with Gasteiger partial charge in [0.25, 0.3) is 15.9 Å². The van der Waals surface area contributed by atoms with Crippen LogP contribution in [0.2, 0.25) is 0 Å². The van der Waals surface area contributed by atoms with Crippen molar-refractivity contribution in [3.05, 3.63) is 103 Å². The number of para-hydroxylation sites is 1. The minimum absolute atomic E-state index is 0.164. The molecule has 0 radical (unpaired) electrons. The molecule has 0 unspecified atom stereocenters. The molecule has 0 fully saturated rings. The maximum atomic E-state index is 13.1. The fourth-order valence-corrected chi connectivity index (χ4v) is 4.58. The van der Waals surface area contributed by atoms with Crippen LogP contribution in [0.4, 0.5) is 11.4 Å². The van der Waals surface area contributed by atoms with Crippen LogP contribution in [0.5, 0.6) is 0 Å². The molecule has 0 spiro atoms. The van der Waals surface area contributed by atoms with Crippen molar-refractivity contribution in [3.63, 3.8) is 0 Å². The lowest BCUT2D eigenvalue weighted by atomic mass is 10.1. The Labute approximate surface area is 175 Å². The minimum atomic E-state index is -3.80. The monoisotopic (exact) mass is 416 g/mol. The maximum Gasteiger partial charge on any atom is 0.264 e. The molecule has 1 amide bonds. The highest BCUT2D eigenvalue weighted by atomic mass is 32.2. The van der Waals surface area contributed by atoms with E-state index in [1.165, 1.54) is 19.2 Å². The molecule has 0 aliphatic carbocycles. The summed E-state index contributed by atoms with van der Waals surface area (Å²) in [4.78, 5) is 13.3. The van der Waals surface area contributed by atoms with Crippen LogP contribution in [0, 0.1) is 0 Å². The van der Waals surface area contributed by atoms with Crippen LogP contribution in [0.15, 0.2) is 102 Å². The van der Waals surface area contributed by atoms with E-state index in [1.807, 2.05) is 42.5 Å². The number of anilines is 2. The first-order valence-corrected chi connectivity index (χ1v) is 10.8. The number of nitrogens with zero attached hydrogens (tertiary/aromatic N) is 1. The van der Waals surface area contributed by atoms with Crippen molar-refractivity contribution in [2.75, 3.05) is 16.7 Å². The summed E-state index contributed by atoms with van der Waals surface area (Å²) in [5.74, 6) is -0.378. The van der Waals surface area contributed by atoms with Crippen LogP contribution in [0.3, 0.4) is 0 Å². The van der Waals surface area contributed by atoms with E-state index in [2.05, 4.69) is 5.32 Å². The Hall–Kier alpha value is -3.64. The molecule has 0 aromatic heterocycles. The zero-order valence-corrected chi connectivity index (χ0v) is 17.1. The number of hydrogen-bond acceptors (Lipinski definition) is 3. The Balaban J connectivity index is 1.70. The Morgan fingerprint density at radius 2 is 1.40 bits per heavy atom. The summed E-state index contributed by atoms with van der Waals surface area (Å²) in [5.41, 5.74) is 1.24. The van der Waals surface area contributed by atoms with Crippen LogP contribution in [-0.4, -0.2) is 21.4 Å². The average Bonchev–Trinajstić information content (AvgIpc) is 2.79. The summed E-state index contributed by atoms with van der Waals surface area (Å²) in [6.45, 7) is 0. The summed E-state index contributed by atoms with van der Waals surface area (Å²) in [6.07, 6.45) is 0. The topological polar surface area (TPSA) is 66.5 Å². The molecule has 0 bridgehead atoms. The molecule has 0 saturated carbocycles. The summed E-state index contributed by atoms with van der Waals surface area (Å²) in [7, 11) is -2.35. The first kappa shape index (κ1) is 19.7. The number of rotatable bonds is 5. The quantitative estimate of drug-likeness (QED) is 0.502. The van der Waals surface area contributed by atoms with Gasteiger partial charge in [-0.2, -0.15) is 0 Å². The van der Waals surface area contributed by atoms with Crippen molar-refractivity contribution in [3.8, 4) is 0 Å². The van der Waals surface area contributed by atoms with E-state index in [4.69, 9.17) is 0 Å². The Bertz CT molecular complexity index is 1310. The molecule has 30 heavy (non-hydrogen) atoms. The predicted octanol–water partition coefficient (Wildman–Crippen LogP) is 4.92. The van der Waals surface area contributed by atoms with E-state index in [1.54, 1.807) is 42.5 Å². The fourth-order valence-electron chi connectivity index (χ4n) is 3.34. The van der Waals surface area contributed by atoms with Crippen molar-refractivity contribution in [2.24, 2.45) is 0 Å². The lowest BCUT2D eigenvalue weighted by Crippen LogP contribution is -2.29. The first-order valence-electron chi connectivity index (χ1n) is 9.40. The van der Waals surface area contributed by atoms with Crippen LogP contribution < -0.4 is 9.62 Å². The summed E-state index contributed by atoms with van der Waals surface area (Å²) in [5, 5.41) is 4.85. The van der Waals surface area contributed by atoms with Crippen molar-refractivity contribution in [2.45, 2.75) is 4.90 Å². The van der Waals surface area contributed by atoms with E-state index < -0.39 is 10.0 Å². The number of carbonyl (C=O) groups excluding carboxylic acids is 1. The van der Waals surface area contributed by atoms with Gasteiger partial charge in [0.2, 0.25) is 0 Å². The van der Waals surface area contributed by atoms with Gasteiger partial charge in [0.15, 0.2) is 0 Å². The average molecular weight is 417 g/mol. The lowest BCUT2D eigenvalue weighted by Gasteiger charge is -2.22. The van der Waals surface area contributed by atoms with Gasteiger partial charge in [-0.1, -0.05) is 66.7 Å². The van der Waals surface area contributed by atoms with Gasteiger partial charge in [-0.25, -0.2) is 8.42 Å². The molecule has 0 heterocycles. The fraction of sp³-hybridized carbons (Fsp3) is 0.0417. The normalized spacial score (nSPS) is 11.2. The number of amides is 1. The Kier molecular flexibility index (Phi) is 5.25. The van der Waals surface area contributed by atoms with Gasteiger partial charge >= 0.3 is 0 Å². The second-order valence-electron chi connectivity index (χ2n) is 6.78. The van der Waals surface area contributed by atoms with E-state index in [0.717, 1.165) is 15.1 Å². The van der Waals surface area contributed by atoms with Crippen LogP contribution in [0.1, 0.15) is 10.4 Å². The molecular formula is C24H20N2O3S. The standard InChI is InChI=1S/C24H20N2O3S/c1-26(30(28,29)19-12-3-2-4-13-19)23-17-8-7-15-21(23)24(27)25-22-16-9-11-18-10-5-6-14-20(18)22/h2-17H,1H3,(H,25,27). The van der Waals surface area contributed by atoms with Crippen molar-refractivity contribution < 1.29 is 13.2 Å².